The zero-order valence-corrected chi connectivity index (χ0v) is 8.58. The van der Waals surface area contributed by atoms with Gasteiger partial charge in [0.15, 0.2) is 0 Å². The van der Waals surface area contributed by atoms with Gasteiger partial charge in [-0.25, -0.2) is 0 Å². The second-order valence-electron chi connectivity index (χ2n) is 4.00. The maximum Gasteiger partial charge on any atom is 0.234 e. The zero-order chi connectivity index (χ0) is 10.4. The summed E-state index contributed by atoms with van der Waals surface area (Å²) in [6.07, 6.45) is 5.75. The Morgan fingerprint density at radius 3 is 2.64 bits per heavy atom. The van der Waals surface area contributed by atoms with Gasteiger partial charge in [0.2, 0.25) is 5.91 Å². The van der Waals surface area contributed by atoms with Gasteiger partial charge in [-0.05, 0) is 18.8 Å². The number of nitrogens with two attached hydrogens (primary N) is 2. The van der Waals surface area contributed by atoms with Gasteiger partial charge < -0.3 is 16.2 Å². The molecule has 0 radical (unpaired) electrons. The molecule has 0 saturated heterocycles. The third-order valence-electron chi connectivity index (χ3n) is 2.83. The minimum absolute atomic E-state index is 0.451. The number of carbonyl (C=O) groups is 1. The average Bonchev–Trinajstić information content (AvgIpc) is 2.07. The van der Waals surface area contributed by atoms with Crippen molar-refractivity contribution >= 4 is 5.91 Å². The summed E-state index contributed by atoms with van der Waals surface area (Å²) in [5.41, 5.74) is 10.5. The van der Waals surface area contributed by atoms with E-state index >= 15 is 0 Å². The van der Waals surface area contributed by atoms with Crippen LogP contribution in [0.5, 0.6) is 0 Å². The van der Waals surface area contributed by atoms with Gasteiger partial charge in [0.25, 0.3) is 0 Å². The summed E-state index contributed by atoms with van der Waals surface area (Å²) >= 11 is 0. The highest BCUT2D eigenvalue weighted by Crippen LogP contribution is 2.28. The van der Waals surface area contributed by atoms with Crippen LogP contribution in [0.3, 0.4) is 0 Å². The van der Waals surface area contributed by atoms with Crippen LogP contribution in [-0.2, 0) is 9.53 Å². The summed E-state index contributed by atoms with van der Waals surface area (Å²) in [6.45, 7) is 1.33. The Morgan fingerprint density at radius 2 is 2.14 bits per heavy atom. The SMILES string of the molecule is NC(=O)C(N)CCOCCC1CCC1. The fraction of sp³-hybridized carbons (Fsp3) is 0.900. The predicted molar refractivity (Wildman–Crippen MR) is 54.6 cm³/mol. The van der Waals surface area contributed by atoms with Gasteiger partial charge in [-0.15, -0.1) is 0 Å². The first kappa shape index (κ1) is 11.5. The van der Waals surface area contributed by atoms with Gasteiger partial charge in [-0.1, -0.05) is 19.3 Å². The molecule has 1 rings (SSSR count). The Balaban J connectivity index is 1.86. The van der Waals surface area contributed by atoms with E-state index in [1.165, 1.54) is 19.3 Å². The van der Waals surface area contributed by atoms with Gasteiger partial charge in [-0.3, -0.25) is 4.79 Å². The monoisotopic (exact) mass is 200 g/mol. The van der Waals surface area contributed by atoms with Crippen LogP contribution in [0, 0.1) is 5.92 Å². The van der Waals surface area contributed by atoms with Crippen molar-refractivity contribution in [1.29, 1.82) is 0 Å². The molecule has 4 nitrogen and oxygen atoms in total. The van der Waals surface area contributed by atoms with Crippen molar-refractivity contribution in [3.05, 3.63) is 0 Å². The van der Waals surface area contributed by atoms with E-state index in [9.17, 15) is 4.79 Å². The van der Waals surface area contributed by atoms with E-state index in [4.69, 9.17) is 16.2 Å². The molecule has 1 aliphatic carbocycles. The van der Waals surface area contributed by atoms with Gasteiger partial charge in [0.1, 0.15) is 0 Å². The second kappa shape index (κ2) is 5.98. The second-order valence-corrected chi connectivity index (χ2v) is 4.00. The van der Waals surface area contributed by atoms with Crippen molar-refractivity contribution in [2.75, 3.05) is 13.2 Å². The summed E-state index contributed by atoms with van der Waals surface area (Å²) < 4.78 is 5.37. The Bertz CT molecular complexity index is 181. The van der Waals surface area contributed by atoms with Crippen molar-refractivity contribution < 1.29 is 9.53 Å². The standard InChI is InChI=1S/C10H20N2O2/c11-9(10(12)13)5-7-14-6-4-8-2-1-3-8/h8-9H,1-7,11H2,(H2,12,13). The molecule has 0 aromatic heterocycles. The average molecular weight is 200 g/mol. The molecule has 0 bridgehead atoms. The third kappa shape index (κ3) is 4.07. The summed E-state index contributed by atoms with van der Waals surface area (Å²) in [5, 5.41) is 0. The van der Waals surface area contributed by atoms with E-state index < -0.39 is 11.9 Å². The largest absolute Gasteiger partial charge is 0.381 e. The molecule has 1 amide bonds. The van der Waals surface area contributed by atoms with Crippen LogP contribution < -0.4 is 11.5 Å². The van der Waals surface area contributed by atoms with Crippen molar-refractivity contribution in [2.24, 2.45) is 17.4 Å². The minimum Gasteiger partial charge on any atom is -0.381 e. The molecule has 0 aliphatic heterocycles. The fourth-order valence-electron chi connectivity index (χ4n) is 1.49. The minimum atomic E-state index is -0.557. The number of hydrogen-bond acceptors (Lipinski definition) is 3. The Morgan fingerprint density at radius 1 is 1.43 bits per heavy atom. The topological polar surface area (TPSA) is 78.3 Å². The van der Waals surface area contributed by atoms with E-state index in [0.29, 0.717) is 13.0 Å². The first-order chi connectivity index (χ1) is 6.70. The van der Waals surface area contributed by atoms with Crippen molar-refractivity contribution in [3.8, 4) is 0 Å². The lowest BCUT2D eigenvalue weighted by molar-refractivity contribution is -0.119. The first-order valence-electron chi connectivity index (χ1n) is 5.33. The lowest BCUT2D eigenvalue weighted by Crippen LogP contribution is -2.37. The molecule has 14 heavy (non-hydrogen) atoms. The van der Waals surface area contributed by atoms with Crippen LogP contribution >= 0.6 is 0 Å². The summed E-state index contributed by atoms with van der Waals surface area (Å²) in [5.74, 6) is 0.424. The highest BCUT2D eigenvalue weighted by molar-refractivity contribution is 5.79. The maximum absolute atomic E-state index is 10.6. The molecular weight excluding hydrogens is 180 g/mol. The Kier molecular flexibility index (Phi) is 4.90. The quantitative estimate of drug-likeness (QED) is 0.584. The van der Waals surface area contributed by atoms with Gasteiger partial charge in [0.05, 0.1) is 6.04 Å². The Labute approximate surface area is 85.0 Å². The molecule has 82 valence electrons. The number of hydrogen-bond donors (Lipinski definition) is 2. The zero-order valence-electron chi connectivity index (χ0n) is 8.58. The van der Waals surface area contributed by atoms with Gasteiger partial charge >= 0.3 is 0 Å². The lowest BCUT2D eigenvalue weighted by atomic mass is 9.83. The molecule has 4 N–H and O–H groups in total. The number of carbonyl (C=O) groups excluding carboxylic acids is 1. The summed E-state index contributed by atoms with van der Waals surface area (Å²) in [4.78, 5) is 10.6. The molecule has 1 fully saturated rings. The molecule has 0 aromatic rings. The molecule has 1 unspecified atom stereocenters. The van der Waals surface area contributed by atoms with Crippen molar-refractivity contribution in [2.45, 2.75) is 38.1 Å². The molecule has 4 heteroatoms. The van der Waals surface area contributed by atoms with E-state index in [-0.39, 0.29) is 0 Å². The van der Waals surface area contributed by atoms with E-state index in [0.717, 1.165) is 18.9 Å². The highest BCUT2D eigenvalue weighted by Gasteiger charge is 2.16. The molecule has 1 saturated carbocycles. The highest BCUT2D eigenvalue weighted by atomic mass is 16.5. The predicted octanol–water partition coefficient (Wildman–Crippen LogP) is 0.396. The maximum atomic E-state index is 10.6. The third-order valence-corrected chi connectivity index (χ3v) is 2.83. The summed E-state index contributed by atoms with van der Waals surface area (Å²) in [6, 6.07) is -0.557. The van der Waals surface area contributed by atoms with Crippen LogP contribution in [0.15, 0.2) is 0 Å². The van der Waals surface area contributed by atoms with Crippen molar-refractivity contribution in [3.63, 3.8) is 0 Å². The molecule has 0 aromatic carbocycles. The number of primary amides is 1. The van der Waals surface area contributed by atoms with Crippen molar-refractivity contribution in [1.82, 2.24) is 0 Å². The van der Waals surface area contributed by atoms with E-state index in [2.05, 4.69) is 0 Å². The molecule has 1 aliphatic rings. The fourth-order valence-corrected chi connectivity index (χ4v) is 1.49. The molecule has 0 heterocycles. The van der Waals surface area contributed by atoms with Crippen LogP contribution in [0.25, 0.3) is 0 Å². The Hall–Kier alpha value is -0.610. The normalized spacial score (nSPS) is 18.9. The van der Waals surface area contributed by atoms with E-state index in [1.807, 2.05) is 0 Å². The lowest BCUT2D eigenvalue weighted by Gasteiger charge is -2.24. The van der Waals surface area contributed by atoms with Gasteiger partial charge in [0, 0.05) is 13.2 Å². The number of amides is 1. The van der Waals surface area contributed by atoms with E-state index in [1.54, 1.807) is 0 Å². The molecule has 0 spiro atoms. The molecular formula is C10H20N2O2. The first-order valence-corrected chi connectivity index (χ1v) is 5.33. The molecule has 1 atom stereocenters. The van der Waals surface area contributed by atoms with Crippen LogP contribution in [-0.4, -0.2) is 25.2 Å². The van der Waals surface area contributed by atoms with Crippen LogP contribution in [0.2, 0.25) is 0 Å². The smallest absolute Gasteiger partial charge is 0.234 e. The number of rotatable bonds is 7. The summed E-state index contributed by atoms with van der Waals surface area (Å²) in [7, 11) is 0. The van der Waals surface area contributed by atoms with Gasteiger partial charge in [-0.2, -0.15) is 0 Å². The van der Waals surface area contributed by atoms with Crippen LogP contribution in [0.1, 0.15) is 32.1 Å². The van der Waals surface area contributed by atoms with Crippen LogP contribution in [0.4, 0.5) is 0 Å². The number of ether oxygens (including phenoxy) is 1.